The number of hydrogen-bond donors (Lipinski definition) is 2. The van der Waals surface area contributed by atoms with Gasteiger partial charge in [0, 0.05) is 34.3 Å². The summed E-state index contributed by atoms with van der Waals surface area (Å²) in [5.74, 6) is -4.45. The smallest absolute Gasteiger partial charge is 0.262 e. The maximum atomic E-state index is 14.8. The van der Waals surface area contributed by atoms with Crippen molar-refractivity contribution in [1.82, 2.24) is 9.88 Å². The molecule has 0 unspecified atom stereocenters. The summed E-state index contributed by atoms with van der Waals surface area (Å²) in [4.78, 5) is 25.3. The second-order valence-corrected chi connectivity index (χ2v) is 7.09. The van der Waals surface area contributed by atoms with Crippen LogP contribution in [-0.2, 0) is 11.2 Å². The number of phenols is 1. The van der Waals surface area contributed by atoms with E-state index in [1.807, 2.05) is 6.92 Å². The van der Waals surface area contributed by atoms with Crippen LogP contribution >= 0.6 is 11.6 Å². The fourth-order valence-corrected chi connectivity index (χ4v) is 3.37. The zero-order valence-electron chi connectivity index (χ0n) is 15.9. The van der Waals surface area contributed by atoms with E-state index in [4.69, 9.17) is 11.6 Å². The molecule has 0 radical (unpaired) electrons. The van der Waals surface area contributed by atoms with Crippen LogP contribution in [0.5, 0.6) is 5.75 Å². The number of phenolic OH excluding ortho intramolecular Hbond substituents is 1. The van der Waals surface area contributed by atoms with E-state index in [9.17, 15) is 23.5 Å². The molecule has 0 aliphatic heterocycles. The van der Waals surface area contributed by atoms with Gasteiger partial charge in [0.25, 0.3) is 5.91 Å². The summed E-state index contributed by atoms with van der Waals surface area (Å²) in [7, 11) is 0. The average Bonchev–Trinajstić information content (AvgIpc) is 2.96. The van der Waals surface area contributed by atoms with Crippen molar-refractivity contribution in [2.45, 2.75) is 26.7 Å². The van der Waals surface area contributed by atoms with Crippen molar-refractivity contribution in [3.05, 3.63) is 63.8 Å². The van der Waals surface area contributed by atoms with Crippen molar-refractivity contribution in [2.24, 2.45) is 0 Å². The lowest BCUT2D eigenvalue weighted by molar-refractivity contribution is -0.120. The third-order valence-corrected chi connectivity index (χ3v) is 4.94. The second kappa shape index (κ2) is 8.21. The molecule has 0 spiro atoms. The Balaban J connectivity index is 2.22. The number of carbonyl (C=O) groups excluding carboxylic acids is 2. The Morgan fingerprint density at radius 2 is 1.86 bits per heavy atom. The molecule has 0 fully saturated rings. The first-order valence-electron chi connectivity index (χ1n) is 9.04. The molecule has 152 valence electrons. The molecule has 1 aromatic heterocycles. The van der Waals surface area contributed by atoms with Crippen LogP contribution in [0.15, 0.2) is 30.3 Å². The Morgan fingerprint density at radius 3 is 2.48 bits per heavy atom. The molecule has 0 saturated heterocycles. The Hall–Kier alpha value is -2.93. The highest BCUT2D eigenvalue weighted by atomic mass is 35.5. The number of hydrogen-bond acceptors (Lipinski definition) is 3. The van der Waals surface area contributed by atoms with Gasteiger partial charge < -0.3 is 10.4 Å². The highest BCUT2D eigenvalue weighted by Crippen LogP contribution is 2.35. The quantitative estimate of drug-likeness (QED) is 0.644. The molecule has 0 bridgehead atoms. The molecule has 3 aromatic rings. The number of aromatic hydroxyl groups is 1. The summed E-state index contributed by atoms with van der Waals surface area (Å²) in [5, 5.41) is 12.7. The third-order valence-electron chi connectivity index (χ3n) is 4.69. The molecule has 2 N–H and O–H groups in total. The van der Waals surface area contributed by atoms with Gasteiger partial charge >= 0.3 is 0 Å². The first-order valence-corrected chi connectivity index (χ1v) is 9.41. The molecule has 1 amide bonds. The summed E-state index contributed by atoms with van der Waals surface area (Å²) in [6.45, 7) is 3.88. The lowest BCUT2D eigenvalue weighted by atomic mass is 10.1. The van der Waals surface area contributed by atoms with E-state index in [1.165, 1.54) is 24.3 Å². The maximum Gasteiger partial charge on any atom is 0.262 e. The van der Waals surface area contributed by atoms with Gasteiger partial charge in [-0.05, 0) is 43.2 Å². The van der Waals surface area contributed by atoms with E-state index in [2.05, 4.69) is 5.32 Å². The van der Waals surface area contributed by atoms with Crippen LogP contribution in [-0.4, -0.2) is 28.0 Å². The molecule has 0 aliphatic rings. The normalized spacial score (nSPS) is 11.1. The standard InChI is InChI=1S/C21H19ClF2N2O3/c1-3-8-25-17(27)9-14-11(2)26(21(29)12-4-6-13(22)7-5-12)16-10-15(23)20(28)19(24)18(14)16/h4-7,10,28H,3,8-9H2,1-2H3,(H,25,27). The summed E-state index contributed by atoms with van der Waals surface area (Å²) < 4.78 is 30.0. The summed E-state index contributed by atoms with van der Waals surface area (Å²) >= 11 is 5.86. The van der Waals surface area contributed by atoms with E-state index >= 15 is 0 Å². The SMILES string of the molecule is CCCNC(=O)Cc1c(C)n(C(=O)c2ccc(Cl)cc2)c2cc(F)c(O)c(F)c12. The van der Waals surface area contributed by atoms with Gasteiger partial charge in [0.2, 0.25) is 5.91 Å². The number of aromatic nitrogens is 1. The van der Waals surface area contributed by atoms with Crippen molar-refractivity contribution in [1.29, 1.82) is 0 Å². The van der Waals surface area contributed by atoms with E-state index < -0.39 is 23.3 Å². The van der Waals surface area contributed by atoms with Gasteiger partial charge in [-0.2, -0.15) is 0 Å². The summed E-state index contributed by atoms with van der Waals surface area (Å²) in [5.41, 5.74) is 0.693. The van der Waals surface area contributed by atoms with Gasteiger partial charge in [-0.3, -0.25) is 14.2 Å². The molecular weight excluding hydrogens is 402 g/mol. The van der Waals surface area contributed by atoms with E-state index in [-0.39, 0.29) is 40.1 Å². The predicted octanol–water partition coefficient (Wildman–Crippen LogP) is 4.34. The zero-order chi connectivity index (χ0) is 21.3. The number of benzene rings is 2. The lowest BCUT2D eigenvalue weighted by Crippen LogP contribution is -2.26. The highest BCUT2D eigenvalue weighted by Gasteiger charge is 2.26. The molecular formula is C21H19ClF2N2O3. The van der Waals surface area contributed by atoms with Crippen molar-refractivity contribution < 1.29 is 23.5 Å². The molecule has 0 atom stereocenters. The molecule has 0 aliphatic carbocycles. The van der Waals surface area contributed by atoms with Gasteiger partial charge in [0.05, 0.1) is 11.9 Å². The van der Waals surface area contributed by atoms with E-state index in [1.54, 1.807) is 6.92 Å². The zero-order valence-corrected chi connectivity index (χ0v) is 16.6. The van der Waals surface area contributed by atoms with Crippen LogP contribution in [0.3, 0.4) is 0 Å². The van der Waals surface area contributed by atoms with E-state index in [0.29, 0.717) is 11.6 Å². The van der Waals surface area contributed by atoms with Gasteiger partial charge in [0.15, 0.2) is 17.4 Å². The van der Waals surface area contributed by atoms with Crippen LogP contribution in [0.1, 0.15) is 35.0 Å². The molecule has 29 heavy (non-hydrogen) atoms. The minimum absolute atomic E-state index is 0.0615. The number of halogens is 3. The first-order chi connectivity index (χ1) is 13.8. The fourth-order valence-electron chi connectivity index (χ4n) is 3.24. The predicted molar refractivity (Wildman–Crippen MR) is 106 cm³/mol. The number of carbonyl (C=O) groups is 2. The van der Waals surface area contributed by atoms with Crippen LogP contribution < -0.4 is 5.32 Å². The minimum Gasteiger partial charge on any atom is -0.503 e. The second-order valence-electron chi connectivity index (χ2n) is 6.65. The summed E-state index contributed by atoms with van der Waals surface area (Å²) in [6, 6.07) is 6.94. The Morgan fingerprint density at radius 1 is 1.21 bits per heavy atom. The molecule has 2 aromatic carbocycles. The van der Waals surface area contributed by atoms with Crippen LogP contribution in [0.25, 0.3) is 10.9 Å². The first kappa shape index (κ1) is 20.8. The fraction of sp³-hybridized carbons (Fsp3) is 0.238. The Bertz CT molecular complexity index is 1110. The number of fused-ring (bicyclic) bond motifs is 1. The molecule has 5 nitrogen and oxygen atoms in total. The molecule has 3 rings (SSSR count). The Labute approximate surface area is 170 Å². The molecule has 1 heterocycles. The number of amides is 1. The van der Waals surface area contributed by atoms with E-state index in [0.717, 1.165) is 17.1 Å². The maximum absolute atomic E-state index is 14.8. The van der Waals surface area contributed by atoms with Gasteiger partial charge in [-0.15, -0.1) is 0 Å². The van der Waals surface area contributed by atoms with Crippen molar-refractivity contribution >= 4 is 34.3 Å². The van der Waals surface area contributed by atoms with Crippen molar-refractivity contribution in [3.63, 3.8) is 0 Å². The van der Waals surface area contributed by atoms with Crippen LogP contribution in [0.2, 0.25) is 5.02 Å². The van der Waals surface area contributed by atoms with Crippen molar-refractivity contribution in [2.75, 3.05) is 6.54 Å². The Kier molecular flexibility index (Phi) is 5.88. The van der Waals surface area contributed by atoms with Gasteiger partial charge in [-0.1, -0.05) is 18.5 Å². The lowest BCUT2D eigenvalue weighted by Gasteiger charge is -2.08. The number of nitrogens with zero attached hydrogens (tertiary/aromatic N) is 1. The molecule has 0 saturated carbocycles. The van der Waals surface area contributed by atoms with Crippen LogP contribution in [0, 0.1) is 18.6 Å². The topological polar surface area (TPSA) is 71.3 Å². The number of rotatable bonds is 5. The van der Waals surface area contributed by atoms with Crippen LogP contribution in [0.4, 0.5) is 8.78 Å². The van der Waals surface area contributed by atoms with Crippen molar-refractivity contribution in [3.8, 4) is 5.75 Å². The summed E-state index contributed by atoms with van der Waals surface area (Å²) in [6.07, 6.45) is 0.507. The molecule has 8 heteroatoms. The monoisotopic (exact) mass is 420 g/mol. The highest BCUT2D eigenvalue weighted by molar-refractivity contribution is 6.30. The number of nitrogens with one attached hydrogen (secondary N) is 1. The minimum atomic E-state index is -1.20. The third kappa shape index (κ3) is 3.82. The average molecular weight is 421 g/mol. The largest absolute Gasteiger partial charge is 0.503 e. The van der Waals surface area contributed by atoms with Gasteiger partial charge in [0.1, 0.15) is 0 Å². The van der Waals surface area contributed by atoms with Gasteiger partial charge in [-0.25, -0.2) is 8.78 Å².